The summed E-state index contributed by atoms with van der Waals surface area (Å²) in [4.78, 5) is 13.2. The molecule has 0 radical (unpaired) electrons. The Hall–Kier alpha value is -3.90. The molecule has 4 aromatic carbocycles. The predicted octanol–water partition coefficient (Wildman–Crippen LogP) is 6.59. The average molecular weight is 497 g/mol. The van der Waals surface area contributed by atoms with Crippen molar-refractivity contribution >= 4 is 40.2 Å². The lowest BCUT2D eigenvalue weighted by Gasteiger charge is -2.13. The number of hydrogen-bond acceptors (Lipinski definition) is 5. The van der Waals surface area contributed by atoms with Crippen molar-refractivity contribution in [2.75, 3.05) is 12.4 Å². The molecule has 182 valence electrons. The molecule has 36 heavy (non-hydrogen) atoms. The smallest absolute Gasteiger partial charge is 0.260 e. The number of methoxy groups -OCH3 is 1. The van der Waals surface area contributed by atoms with Gasteiger partial charge in [0.05, 0.1) is 12.0 Å². The van der Waals surface area contributed by atoms with E-state index in [4.69, 9.17) is 9.47 Å². The molecule has 0 aromatic heterocycles. The second-order valence-corrected chi connectivity index (χ2v) is 9.66. The van der Waals surface area contributed by atoms with Crippen molar-refractivity contribution in [2.45, 2.75) is 25.4 Å². The standard InChI is InChI=1S/C30H28N2O3S/c1-3-20-11-14-24(15-12-20)31-30-32-29(33)28(36-30)18-21-13-16-26(27(17-21)34-2)35-19-23-9-6-8-22-7-4-5-10-25(22)23/h4-18,30-31H,3,19H2,1-2H3,(H,32,33)/b28-18-/t30-/m1/s1. The third-order valence-electron chi connectivity index (χ3n) is 6.14. The van der Waals surface area contributed by atoms with Crippen molar-refractivity contribution in [2.24, 2.45) is 0 Å². The van der Waals surface area contributed by atoms with Crippen LogP contribution in [0.25, 0.3) is 16.8 Å². The zero-order valence-corrected chi connectivity index (χ0v) is 21.1. The number of thioether (sulfide) groups is 1. The number of hydrogen-bond donors (Lipinski definition) is 2. The molecular formula is C30H28N2O3S. The monoisotopic (exact) mass is 496 g/mol. The quantitative estimate of drug-likeness (QED) is 0.270. The highest BCUT2D eigenvalue weighted by atomic mass is 32.2. The van der Waals surface area contributed by atoms with Gasteiger partial charge in [0.15, 0.2) is 17.0 Å². The number of carbonyl (C=O) groups excluding carboxylic acids is 1. The molecule has 5 rings (SSSR count). The molecule has 0 aliphatic carbocycles. The number of amides is 1. The Bertz CT molecular complexity index is 1410. The van der Waals surface area contributed by atoms with E-state index in [0.717, 1.165) is 23.2 Å². The van der Waals surface area contributed by atoms with Crippen molar-refractivity contribution in [1.82, 2.24) is 5.32 Å². The normalized spacial score (nSPS) is 16.2. The molecular weight excluding hydrogens is 468 g/mol. The van der Waals surface area contributed by atoms with E-state index in [-0.39, 0.29) is 11.4 Å². The minimum Gasteiger partial charge on any atom is -0.493 e. The van der Waals surface area contributed by atoms with Crippen LogP contribution in [0.2, 0.25) is 0 Å². The number of rotatable bonds is 8. The van der Waals surface area contributed by atoms with E-state index in [9.17, 15) is 4.79 Å². The second kappa shape index (κ2) is 10.8. The van der Waals surface area contributed by atoms with Gasteiger partial charge in [-0.15, -0.1) is 0 Å². The highest BCUT2D eigenvalue weighted by Gasteiger charge is 2.27. The summed E-state index contributed by atoms with van der Waals surface area (Å²) in [5.74, 6) is 1.18. The minimum absolute atomic E-state index is 0.0991. The molecule has 6 heteroatoms. The minimum atomic E-state index is -0.221. The summed E-state index contributed by atoms with van der Waals surface area (Å²) in [5, 5.41) is 8.70. The SMILES string of the molecule is CCc1ccc(N[C@@H]2NC(=O)/C(=C/c3ccc(OCc4cccc5ccccc45)c(OC)c3)S2)cc1. The van der Waals surface area contributed by atoms with Gasteiger partial charge >= 0.3 is 0 Å². The molecule has 0 bridgehead atoms. The number of ether oxygens (including phenoxy) is 2. The van der Waals surface area contributed by atoms with E-state index in [1.54, 1.807) is 7.11 Å². The first-order valence-electron chi connectivity index (χ1n) is 11.9. The Kier molecular flexibility index (Phi) is 7.14. The molecule has 0 saturated carbocycles. The molecule has 1 heterocycles. The van der Waals surface area contributed by atoms with Gasteiger partial charge in [0.25, 0.3) is 5.91 Å². The Morgan fingerprint density at radius 3 is 2.58 bits per heavy atom. The van der Waals surface area contributed by atoms with E-state index < -0.39 is 0 Å². The fourth-order valence-electron chi connectivity index (χ4n) is 4.17. The summed E-state index contributed by atoms with van der Waals surface area (Å²) in [7, 11) is 1.62. The van der Waals surface area contributed by atoms with E-state index in [1.165, 1.54) is 28.1 Å². The Balaban J connectivity index is 1.27. The summed E-state index contributed by atoms with van der Waals surface area (Å²) in [6, 6.07) is 28.5. The van der Waals surface area contributed by atoms with Gasteiger partial charge in [-0.05, 0) is 64.2 Å². The van der Waals surface area contributed by atoms with Crippen LogP contribution in [0.4, 0.5) is 5.69 Å². The lowest BCUT2D eigenvalue weighted by atomic mass is 10.1. The molecule has 2 N–H and O–H groups in total. The van der Waals surface area contributed by atoms with Crippen molar-refractivity contribution in [3.63, 3.8) is 0 Å². The van der Waals surface area contributed by atoms with Crippen LogP contribution in [0.5, 0.6) is 11.5 Å². The third-order valence-corrected chi connectivity index (χ3v) is 7.17. The maximum absolute atomic E-state index is 12.6. The summed E-state index contributed by atoms with van der Waals surface area (Å²) < 4.78 is 11.7. The van der Waals surface area contributed by atoms with Crippen molar-refractivity contribution in [3.8, 4) is 11.5 Å². The fourth-order valence-corrected chi connectivity index (χ4v) is 5.16. The van der Waals surface area contributed by atoms with Crippen LogP contribution in [-0.2, 0) is 17.8 Å². The summed E-state index contributed by atoms with van der Waals surface area (Å²) in [6.07, 6.45) is 2.87. The molecule has 1 aliphatic heterocycles. The van der Waals surface area contributed by atoms with Crippen LogP contribution in [-0.4, -0.2) is 18.5 Å². The van der Waals surface area contributed by atoms with Crippen LogP contribution in [0, 0.1) is 0 Å². The van der Waals surface area contributed by atoms with Gasteiger partial charge in [0.2, 0.25) is 0 Å². The van der Waals surface area contributed by atoms with E-state index >= 15 is 0 Å². The lowest BCUT2D eigenvalue weighted by Crippen LogP contribution is -2.30. The van der Waals surface area contributed by atoms with E-state index in [2.05, 4.69) is 54.0 Å². The first-order valence-corrected chi connectivity index (χ1v) is 12.8. The highest BCUT2D eigenvalue weighted by molar-refractivity contribution is 8.05. The van der Waals surface area contributed by atoms with Gasteiger partial charge in [-0.3, -0.25) is 4.79 Å². The lowest BCUT2D eigenvalue weighted by molar-refractivity contribution is -0.116. The summed E-state index contributed by atoms with van der Waals surface area (Å²) >= 11 is 1.46. The van der Waals surface area contributed by atoms with Gasteiger partial charge < -0.3 is 20.1 Å². The molecule has 1 amide bonds. The second-order valence-electron chi connectivity index (χ2n) is 8.51. The van der Waals surface area contributed by atoms with Gasteiger partial charge in [-0.25, -0.2) is 0 Å². The van der Waals surface area contributed by atoms with Crippen LogP contribution in [0.1, 0.15) is 23.6 Å². The number of nitrogens with one attached hydrogen (secondary N) is 2. The largest absolute Gasteiger partial charge is 0.493 e. The molecule has 0 unspecified atom stereocenters. The summed E-state index contributed by atoms with van der Waals surface area (Å²) in [5.41, 5.74) is 4.02. The third kappa shape index (κ3) is 5.34. The molecule has 1 fully saturated rings. The number of benzene rings is 4. The maximum Gasteiger partial charge on any atom is 0.260 e. The maximum atomic E-state index is 12.6. The Morgan fingerprint density at radius 1 is 0.972 bits per heavy atom. The molecule has 1 atom stereocenters. The molecule has 5 nitrogen and oxygen atoms in total. The predicted molar refractivity (Wildman–Crippen MR) is 148 cm³/mol. The molecule has 4 aromatic rings. The van der Waals surface area contributed by atoms with Crippen molar-refractivity contribution in [1.29, 1.82) is 0 Å². The highest BCUT2D eigenvalue weighted by Crippen LogP contribution is 2.34. The Labute approximate surface area is 215 Å². The molecule has 1 aliphatic rings. The average Bonchev–Trinajstić information content (AvgIpc) is 3.26. The van der Waals surface area contributed by atoms with Crippen LogP contribution >= 0.6 is 11.8 Å². The van der Waals surface area contributed by atoms with Crippen LogP contribution < -0.4 is 20.1 Å². The summed E-state index contributed by atoms with van der Waals surface area (Å²) in [6.45, 7) is 2.56. The van der Waals surface area contributed by atoms with Gasteiger partial charge in [-0.2, -0.15) is 0 Å². The first-order chi connectivity index (χ1) is 17.6. The van der Waals surface area contributed by atoms with Gasteiger partial charge in [-0.1, -0.05) is 79.3 Å². The van der Waals surface area contributed by atoms with Crippen molar-refractivity contribution < 1.29 is 14.3 Å². The van der Waals surface area contributed by atoms with Crippen LogP contribution in [0.15, 0.2) is 89.8 Å². The number of anilines is 1. The zero-order chi connectivity index (χ0) is 24.9. The zero-order valence-electron chi connectivity index (χ0n) is 20.3. The molecule has 0 spiro atoms. The van der Waals surface area contributed by atoms with Crippen molar-refractivity contribution in [3.05, 3.63) is 107 Å². The first kappa shape index (κ1) is 23.8. The van der Waals surface area contributed by atoms with Crippen LogP contribution in [0.3, 0.4) is 0 Å². The fraction of sp³-hybridized carbons (Fsp3) is 0.167. The number of fused-ring (bicyclic) bond motifs is 1. The van der Waals surface area contributed by atoms with E-state index in [0.29, 0.717) is 23.0 Å². The number of carbonyl (C=O) groups is 1. The van der Waals surface area contributed by atoms with Gasteiger partial charge in [0.1, 0.15) is 6.61 Å². The topological polar surface area (TPSA) is 59.6 Å². The molecule has 1 saturated heterocycles. The van der Waals surface area contributed by atoms with E-state index in [1.807, 2.05) is 54.6 Å². The Morgan fingerprint density at radius 2 is 1.78 bits per heavy atom. The van der Waals surface area contributed by atoms with Gasteiger partial charge in [0, 0.05) is 5.69 Å². The number of aryl methyl sites for hydroxylation is 1.